The van der Waals surface area contributed by atoms with Crippen LogP contribution in [-0.4, -0.2) is 18.0 Å². The smallest absolute Gasteiger partial charge is 0.346 e. The topological polar surface area (TPSA) is 28.7 Å². The average molecular weight is 282 g/mol. The predicted molar refractivity (Wildman–Crippen MR) is 71.3 cm³/mol. The third kappa shape index (κ3) is 2.99. The summed E-state index contributed by atoms with van der Waals surface area (Å²) in [6.45, 7) is 5.97. The zero-order chi connectivity index (χ0) is 14.3. The van der Waals surface area contributed by atoms with Crippen molar-refractivity contribution in [1.82, 2.24) is 9.97 Å². The van der Waals surface area contributed by atoms with Crippen LogP contribution in [0.25, 0.3) is 11.0 Å². The molecule has 0 fully saturated rings. The van der Waals surface area contributed by atoms with E-state index in [4.69, 9.17) is 0 Å². The van der Waals surface area contributed by atoms with E-state index in [1.807, 2.05) is 19.6 Å². The van der Waals surface area contributed by atoms with Gasteiger partial charge in [-0.15, -0.1) is 5.54 Å². The number of hydrogen-bond donors (Lipinski definition) is 1. The largest absolute Gasteiger partial charge is 0.419 e. The number of halogens is 3. The van der Waals surface area contributed by atoms with Crippen LogP contribution in [-0.2, 0) is 6.18 Å². The first-order valence-electron chi connectivity index (χ1n) is 5.75. The first-order chi connectivity index (χ1) is 8.68. The number of H-pyrrole nitrogens is 1. The van der Waals surface area contributed by atoms with E-state index in [1.54, 1.807) is 12.3 Å². The van der Waals surface area contributed by atoms with Crippen molar-refractivity contribution < 1.29 is 13.2 Å². The highest BCUT2D eigenvalue weighted by atomic mass is 28.3. The Kier molecular flexibility index (Phi) is 3.18. The number of nitrogens with zero attached hydrogens (tertiary/aromatic N) is 1. The second kappa shape index (κ2) is 4.42. The van der Waals surface area contributed by atoms with Gasteiger partial charge < -0.3 is 4.98 Å². The van der Waals surface area contributed by atoms with Gasteiger partial charge in [0.05, 0.1) is 5.56 Å². The maximum Gasteiger partial charge on any atom is 0.419 e. The van der Waals surface area contributed by atoms with E-state index in [2.05, 4.69) is 21.4 Å². The molecule has 0 aliphatic heterocycles. The predicted octanol–water partition coefficient (Wildman–Crippen LogP) is 3.81. The molecule has 1 N–H and O–H groups in total. The molecule has 2 aromatic rings. The summed E-state index contributed by atoms with van der Waals surface area (Å²) in [5.41, 5.74) is 2.65. The maximum absolute atomic E-state index is 13.0. The minimum Gasteiger partial charge on any atom is -0.346 e. The number of rotatable bonds is 0. The second-order valence-corrected chi connectivity index (χ2v) is 10.0. The molecule has 2 aromatic heterocycles. The summed E-state index contributed by atoms with van der Waals surface area (Å²) in [5, 5.41) is 0.417. The van der Waals surface area contributed by atoms with Crippen molar-refractivity contribution in [3.8, 4) is 11.5 Å². The SMILES string of the molecule is C[Si](C)(C)C#Cc1c(C(F)(F)F)cnc2[nH]ccc12. The molecule has 19 heavy (non-hydrogen) atoms. The number of alkyl halides is 3. The Hall–Kier alpha value is -1.74. The van der Waals surface area contributed by atoms with Crippen molar-refractivity contribution >= 4 is 19.1 Å². The first kappa shape index (κ1) is 13.7. The van der Waals surface area contributed by atoms with Crippen molar-refractivity contribution in [2.24, 2.45) is 0 Å². The van der Waals surface area contributed by atoms with E-state index in [-0.39, 0.29) is 5.56 Å². The number of fused-ring (bicyclic) bond motifs is 1. The summed E-state index contributed by atoms with van der Waals surface area (Å²) < 4.78 is 39.0. The van der Waals surface area contributed by atoms with E-state index in [9.17, 15) is 13.2 Å². The molecule has 0 aliphatic carbocycles. The summed E-state index contributed by atoms with van der Waals surface area (Å²) in [6.07, 6.45) is -2.04. The van der Waals surface area contributed by atoms with Crippen LogP contribution in [0.5, 0.6) is 0 Å². The van der Waals surface area contributed by atoms with Crippen LogP contribution in [0, 0.1) is 11.5 Å². The van der Waals surface area contributed by atoms with Gasteiger partial charge in [-0.05, 0) is 6.07 Å². The lowest BCUT2D eigenvalue weighted by Crippen LogP contribution is -2.17. The molecule has 0 spiro atoms. The van der Waals surface area contributed by atoms with Crippen LogP contribution in [0.2, 0.25) is 19.6 Å². The lowest BCUT2D eigenvalue weighted by molar-refractivity contribution is -0.137. The molecule has 0 aromatic carbocycles. The normalized spacial score (nSPS) is 12.3. The fourth-order valence-electron chi connectivity index (χ4n) is 1.61. The molecule has 0 unspecified atom stereocenters. The Bertz CT molecular complexity index is 669. The van der Waals surface area contributed by atoms with Gasteiger partial charge in [-0.25, -0.2) is 4.98 Å². The number of aromatic nitrogens is 2. The first-order valence-corrected chi connectivity index (χ1v) is 9.25. The number of hydrogen-bond acceptors (Lipinski definition) is 1. The number of pyridine rings is 1. The summed E-state index contributed by atoms with van der Waals surface area (Å²) in [7, 11) is -1.75. The molecule has 2 rings (SSSR count). The molecular formula is C13H13F3N2Si. The summed E-state index contributed by atoms with van der Waals surface area (Å²) >= 11 is 0. The molecule has 100 valence electrons. The Morgan fingerprint density at radius 1 is 1.26 bits per heavy atom. The quantitative estimate of drug-likeness (QED) is 0.577. The third-order valence-electron chi connectivity index (χ3n) is 2.45. The third-order valence-corrected chi connectivity index (χ3v) is 3.33. The van der Waals surface area contributed by atoms with Crippen molar-refractivity contribution in [2.75, 3.05) is 0 Å². The lowest BCUT2D eigenvalue weighted by atomic mass is 10.1. The van der Waals surface area contributed by atoms with Crippen LogP contribution in [0.4, 0.5) is 13.2 Å². The van der Waals surface area contributed by atoms with Crippen LogP contribution >= 0.6 is 0 Å². The molecular weight excluding hydrogens is 269 g/mol. The molecule has 0 radical (unpaired) electrons. The Labute approximate surface area is 110 Å². The zero-order valence-corrected chi connectivity index (χ0v) is 11.8. The van der Waals surface area contributed by atoms with Crippen LogP contribution in [0.1, 0.15) is 11.1 Å². The second-order valence-electron chi connectivity index (χ2n) is 5.28. The van der Waals surface area contributed by atoms with Crippen molar-refractivity contribution in [2.45, 2.75) is 25.8 Å². The van der Waals surface area contributed by atoms with Gasteiger partial charge in [0.15, 0.2) is 0 Å². The van der Waals surface area contributed by atoms with Crippen LogP contribution in [0.15, 0.2) is 18.5 Å². The highest BCUT2D eigenvalue weighted by Crippen LogP contribution is 2.34. The molecule has 0 bridgehead atoms. The van der Waals surface area contributed by atoms with Crippen LogP contribution < -0.4 is 0 Å². The Balaban J connectivity index is 2.72. The summed E-state index contributed by atoms with van der Waals surface area (Å²) in [4.78, 5) is 6.58. The Morgan fingerprint density at radius 2 is 1.95 bits per heavy atom. The van der Waals surface area contributed by atoms with Gasteiger partial charge in [0.1, 0.15) is 13.7 Å². The van der Waals surface area contributed by atoms with Gasteiger partial charge >= 0.3 is 6.18 Å². The highest BCUT2D eigenvalue weighted by molar-refractivity contribution is 6.83. The van der Waals surface area contributed by atoms with Crippen LogP contribution in [0.3, 0.4) is 0 Å². The number of nitrogens with one attached hydrogen (secondary N) is 1. The Morgan fingerprint density at radius 3 is 2.53 bits per heavy atom. The van der Waals surface area contributed by atoms with Crippen molar-refractivity contribution in [3.63, 3.8) is 0 Å². The molecule has 2 nitrogen and oxygen atoms in total. The van der Waals surface area contributed by atoms with E-state index in [0.29, 0.717) is 11.0 Å². The maximum atomic E-state index is 13.0. The fourth-order valence-corrected chi connectivity index (χ4v) is 2.11. The molecule has 0 saturated carbocycles. The monoisotopic (exact) mass is 282 g/mol. The van der Waals surface area contributed by atoms with Gasteiger partial charge in [0.25, 0.3) is 0 Å². The van der Waals surface area contributed by atoms with Gasteiger partial charge in [0, 0.05) is 23.3 Å². The van der Waals surface area contributed by atoms with E-state index in [0.717, 1.165) is 6.20 Å². The molecule has 2 heterocycles. The highest BCUT2D eigenvalue weighted by Gasteiger charge is 2.34. The molecule has 0 atom stereocenters. The number of aromatic amines is 1. The van der Waals surface area contributed by atoms with E-state index >= 15 is 0 Å². The molecule has 0 amide bonds. The lowest BCUT2D eigenvalue weighted by Gasteiger charge is -2.10. The summed E-state index contributed by atoms with van der Waals surface area (Å²) in [5.74, 6) is 2.72. The standard InChI is InChI=1S/C13H13F3N2Si/c1-19(2,3)7-5-9-10-4-6-17-12(10)18-8-11(9)13(14,15)16/h4,6,8H,1-3H3,(H,17,18). The molecule has 0 saturated heterocycles. The van der Waals surface area contributed by atoms with Crippen molar-refractivity contribution in [3.05, 3.63) is 29.6 Å². The molecule has 0 aliphatic rings. The average Bonchev–Trinajstić information content (AvgIpc) is 2.70. The minimum absolute atomic E-state index is 0.0150. The van der Waals surface area contributed by atoms with Gasteiger partial charge in [-0.2, -0.15) is 13.2 Å². The van der Waals surface area contributed by atoms with E-state index < -0.39 is 19.8 Å². The van der Waals surface area contributed by atoms with Gasteiger partial charge in [-0.1, -0.05) is 25.6 Å². The van der Waals surface area contributed by atoms with Gasteiger partial charge in [0.2, 0.25) is 0 Å². The van der Waals surface area contributed by atoms with Crippen molar-refractivity contribution in [1.29, 1.82) is 0 Å². The minimum atomic E-state index is -4.44. The fraction of sp³-hybridized carbons (Fsp3) is 0.308. The molecule has 6 heteroatoms. The van der Waals surface area contributed by atoms with E-state index in [1.165, 1.54) is 0 Å². The zero-order valence-electron chi connectivity index (χ0n) is 10.8. The summed E-state index contributed by atoms with van der Waals surface area (Å²) in [6, 6.07) is 1.58. The van der Waals surface area contributed by atoms with Gasteiger partial charge in [-0.3, -0.25) is 0 Å².